The number of rotatable bonds is 3. The van der Waals surface area contributed by atoms with E-state index in [0.717, 1.165) is 5.56 Å². The van der Waals surface area contributed by atoms with Gasteiger partial charge in [0.05, 0.1) is 23.3 Å². The summed E-state index contributed by atoms with van der Waals surface area (Å²) in [5.74, 6) is -0.603. The van der Waals surface area contributed by atoms with Gasteiger partial charge in [0.25, 0.3) is 5.91 Å². The first-order chi connectivity index (χ1) is 12.1. The molecule has 1 aliphatic heterocycles. The van der Waals surface area contributed by atoms with Crippen molar-refractivity contribution in [3.05, 3.63) is 64.6 Å². The molecule has 1 amide bonds. The number of aromatic hydroxyl groups is 1. The molecule has 0 spiro atoms. The van der Waals surface area contributed by atoms with Gasteiger partial charge in [-0.3, -0.25) is 4.79 Å². The SMILES string of the molecule is COC(=O)c1ccccc1N=C1NC(=O)/C(=C/c2ccc(O)cc2)S1. The van der Waals surface area contributed by atoms with E-state index in [1.165, 1.54) is 18.9 Å². The van der Waals surface area contributed by atoms with Crippen LogP contribution in [0.2, 0.25) is 0 Å². The number of esters is 1. The molecule has 0 aromatic heterocycles. The highest BCUT2D eigenvalue weighted by Gasteiger charge is 2.24. The second-order valence-corrected chi connectivity index (χ2v) is 6.11. The lowest BCUT2D eigenvalue weighted by Crippen LogP contribution is -2.19. The monoisotopic (exact) mass is 354 g/mol. The molecule has 0 saturated carbocycles. The van der Waals surface area contributed by atoms with Crippen molar-refractivity contribution in [2.75, 3.05) is 7.11 Å². The van der Waals surface area contributed by atoms with E-state index < -0.39 is 5.97 Å². The number of amides is 1. The molecule has 1 fully saturated rings. The molecule has 1 aliphatic rings. The average molecular weight is 354 g/mol. The zero-order chi connectivity index (χ0) is 17.8. The number of benzene rings is 2. The molecule has 25 heavy (non-hydrogen) atoms. The lowest BCUT2D eigenvalue weighted by Gasteiger charge is -2.03. The number of phenolic OH excluding ortho intramolecular Hbond substituents is 1. The van der Waals surface area contributed by atoms with Crippen LogP contribution in [-0.2, 0) is 9.53 Å². The highest BCUT2D eigenvalue weighted by atomic mass is 32.2. The Bertz CT molecular complexity index is 888. The first kappa shape index (κ1) is 16.8. The van der Waals surface area contributed by atoms with Crippen LogP contribution in [0.15, 0.2) is 58.4 Å². The Morgan fingerprint density at radius 3 is 2.64 bits per heavy atom. The number of carbonyl (C=O) groups is 2. The van der Waals surface area contributed by atoms with Gasteiger partial charge in [-0.2, -0.15) is 0 Å². The van der Waals surface area contributed by atoms with Crippen LogP contribution in [0, 0.1) is 0 Å². The quantitative estimate of drug-likeness (QED) is 0.653. The first-order valence-electron chi connectivity index (χ1n) is 7.33. The Balaban J connectivity index is 1.87. The summed E-state index contributed by atoms with van der Waals surface area (Å²) >= 11 is 1.18. The molecule has 6 nitrogen and oxygen atoms in total. The predicted octanol–water partition coefficient (Wildman–Crippen LogP) is 3.07. The number of carbonyl (C=O) groups excluding carboxylic acids is 2. The standard InChI is InChI=1S/C18H14N2O4S/c1-24-17(23)13-4-2-3-5-14(13)19-18-20-16(22)15(25-18)10-11-6-8-12(21)9-7-11/h2-10,21H,1H3,(H,19,20,22)/b15-10-. The second-order valence-electron chi connectivity index (χ2n) is 5.08. The lowest BCUT2D eigenvalue weighted by molar-refractivity contribution is -0.115. The molecule has 2 aromatic carbocycles. The number of hydrogen-bond acceptors (Lipinski definition) is 6. The molecule has 0 unspecified atom stereocenters. The molecule has 1 saturated heterocycles. The van der Waals surface area contributed by atoms with Gasteiger partial charge in [0.2, 0.25) is 0 Å². The summed E-state index contributed by atoms with van der Waals surface area (Å²) in [4.78, 5) is 28.7. The highest BCUT2D eigenvalue weighted by molar-refractivity contribution is 8.18. The van der Waals surface area contributed by atoms with Crippen molar-refractivity contribution in [3.63, 3.8) is 0 Å². The number of methoxy groups -OCH3 is 1. The molecular formula is C18H14N2O4S. The topological polar surface area (TPSA) is 88.0 Å². The highest BCUT2D eigenvalue weighted by Crippen LogP contribution is 2.29. The molecule has 3 rings (SSSR count). The molecule has 0 radical (unpaired) electrons. The number of aliphatic imine (C=N–C) groups is 1. The van der Waals surface area contributed by atoms with Gasteiger partial charge >= 0.3 is 5.97 Å². The van der Waals surface area contributed by atoms with Crippen LogP contribution in [0.3, 0.4) is 0 Å². The van der Waals surface area contributed by atoms with Gasteiger partial charge in [0.1, 0.15) is 5.75 Å². The van der Waals surface area contributed by atoms with E-state index in [0.29, 0.717) is 21.3 Å². The average Bonchev–Trinajstić information content (AvgIpc) is 2.96. The third kappa shape index (κ3) is 3.89. The second kappa shape index (κ2) is 7.23. The van der Waals surface area contributed by atoms with Crippen LogP contribution < -0.4 is 5.32 Å². The van der Waals surface area contributed by atoms with Crippen molar-refractivity contribution in [2.24, 2.45) is 4.99 Å². The maximum absolute atomic E-state index is 12.1. The number of nitrogens with zero attached hydrogens (tertiary/aromatic N) is 1. The normalized spacial score (nSPS) is 16.9. The van der Waals surface area contributed by atoms with Crippen LogP contribution in [-0.4, -0.2) is 29.3 Å². The molecule has 7 heteroatoms. The maximum atomic E-state index is 12.1. The Kier molecular flexibility index (Phi) is 4.85. The largest absolute Gasteiger partial charge is 0.508 e. The number of ether oxygens (including phenoxy) is 1. The molecule has 0 aliphatic carbocycles. The Labute approximate surface area is 148 Å². The van der Waals surface area contributed by atoms with Crippen LogP contribution in [0.4, 0.5) is 5.69 Å². The van der Waals surface area contributed by atoms with E-state index in [2.05, 4.69) is 10.3 Å². The minimum absolute atomic E-state index is 0.160. The molecule has 2 aromatic rings. The van der Waals surface area contributed by atoms with E-state index in [1.54, 1.807) is 54.6 Å². The van der Waals surface area contributed by atoms with Crippen LogP contribution in [0.5, 0.6) is 5.75 Å². The number of nitrogens with one attached hydrogen (secondary N) is 1. The van der Waals surface area contributed by atoms with Crippen LogP contribution in [0.1, 0.15) is 15.9 Å². The van der Waals surface area contributed by atoms with Crippen molar-refractivity contribution in [3.8, 4) is 5.75 Å². The third-order valence-electron chi connectivity index (χ3n) is 3.37. The minimum Gasteiger partial charge on any atom is -0.508 e. The van der Waals surface area contributed by atoms with E-state index in [9.17, 15) is 14.7 Å². The van der Waals surface area contributed by atoms with Crippen molar-refractivity contribution < 1.29 is 19.4 Å². The van der Waals surface area contributed by atoms with E-state index in [-0.39, 0.29) is 11.7 Å². The predicted molar refractivity (Wildman–Crippen MR) is 96.7 cm³/mol. The van der Waals surface area contributed by atoms with E-state index in [4.69, 9.17) is 4.74 Å². The van der Waals surface area contributed by atoms with Gasteiger partial charge in [-0.25, -0.2) is 9.79 Å². The summed E-state index contributed by atoms with van der Waals surface area (Å²) in [6.45, 7) is 0. The minimum atomic E-state index is -0.492. The van der Waals surface area contributed by atoms with Crippen molar-refractivity contribution in [2.45, 2.75) is 0 Å². The summed E-state index contributed by atoms with van der Waals surface area (Å²) in [7, 11) is 1.30. The van der Waals surface area contributed by atoms with Gasteiger partial charge in [0, 0.05) is 0 Å². The van der Waals surface area contributed by atoms with Gasteiger partial charge < -0.3 is 15.2 Å². The fourth-order valence-electron chi connectivity index (χ4n) is 2.17. The number of hydrogen-bond donors (Lipinski definition) is 2. The summed E-state index contributed by atoms with van der Waals surface area (Å²) in [5, 5.41) is 12.4. The zero-order valence-corrected chi connectivity index (χ0v) is 14.0. The van der Waals surface area contributed by atoms with E-state index >= 15 is 0 Å². The van der Waals surface area contributed by atoms with Crippen LogP contribution >= 0.6 is 11.8 Å². The maximum Gasteiger partial charge on any atom is 0.340 e. The molecular weight excluding hydrogens is 340 g/mol. The summed E-state index contributed by atoms with van der Waals surface area (Å²) in [6.07, 6.45) is 1.70. The third-order valence-corrected chi connectivity index (χ3v) is 4.28. The molecule has 126 valence electrons. The number of para-hydroxylation sites is 1. The zero-order valence-electron chi connectivity index (χ0n) is 13.2. The first-order valence-corrected chi connectivity index (χ1v) is 8.14. The van der Waals surface area contributed by atoms with E-state index in [1.807, 2.05) is 0 Å². The summed E-state index contributed by atoms with van der Waals surface area (Å²) < 4.78 is 4.74. The van der Waals surface area contributed by atoms with Gasteiger partial charge in [-0.15, -0.1) is 0 Å². The Morgan fingerprint density at radius 1 is 1.20 bits per heavy atom. The lowest BCUT2D eigenvalue weighted by atomic mass is 10.2. The fourth-order valence-corrected chi connectivity index (χ4v) is 3.00. The van der Waals surface area contributed by atoms with Crippen LogP contribution in [0.25, 0.3) is 6.08 Å². The fraction of sp³-hybridized carbons (Fsp3) is 0.0556. The molecule has 1 heterocycles. The molecule has 0 bridgehead atoms. The summed E-state index contributed by atoms with van der Waals surface area (Å²) in [6, 6.07) is 13.3. The van der Waals surface area contributed by atoms with Gasteiger partial charge in [0.15, 0.2) is 5.17 Å². The molecule has 0 atom stereocenters. The van der Waals surface area contributed by atoms with Gasteiger partial charge in [-0.05, 0) is 47.7 Å². The van der Waals surface area contributed by atoms with Crippen molar-refractivity contribution >= 4 is 40.6 Å². The van der Waals surface area contributed by atoms with Crippen molar-refractivity contribution in [1.82, 2.24) is 5.32 Å². The Morgan fingerprint density at radius 2 is 1.92 bits per heavy atom. The smallest absolute Gasteiger partial charge is 0.340 e. The Hall–Kier alpha value is -3.06. The number of thioether (sulfide) groups is 1. The van der Waals surface area contributed by atoms with Crippen molar-refractivity contribution in [1.29, 1.82) is 0 Å². The number of amidine groups is 1. The summed E-state index contributed by atoms with van der Waals surface area (Å²) in [5.41, 5.74) is 1.53. The van der Waals surface area contributed by atoms with Gasteiger partial charge in [-0.1, -0.05) is 24.3 Å². The molecule has 2 N–H and O–H groups in total. The number of phenols is 1.